The highest BCUT2D eigenvalue weighted by Gasteiger charge is 2.11. The molecular weight excluding hydrogens is 334 g/mol. The monoisotopic (exact) mass is 349 g/mol. The van der Waals surface area contributed by atoms with E-state index >= 15 is 0 Å². The minimum absolute atomic E-state index is 0.0337. The number of nitrogens with zero attached hydrogens (tertiary/aromatic N) is 1. The summed E-state index contributed by atoms with van der Waals surface area (Å²) < 4.78 is 0.976. The largest absolute Gasteiger partial charge is 0.337 e. The summed E-state index contributed by atoms with van der Waals surface area (Å²) in [6, 6.07) is 15.7. The first-order valence-corrected chi connectivity index (χ1v) is 8.26. The Bertz CT molecular complexity index is 580. The highest BCUT2D eigenvalue weighted by atomic mass is 79.9. The predicted molar refractivity (Wildman–Crippen MR) is 88.2 cm³/mol. The van der Waals surface area contributed by atoms with Crippen LogP contribution in [0.5, 0.6) is 0 Å². The number of hydrogen-bond acceptors (Lipinski definition) is 2. The molecule has 4 heteroatoms. The van der Waals surface area contributed by atoms with Gasteiger partial charge < -0.3 is 4.90 Å². The zero-order valence-corrected chi connectivity index (χ0v) is 13.9. The van der Waals surface area contributed by atoms with Crippen LogP contribution in [0.4, 0.5) is 0 Å². The molecule has 0 aliphatic heterocycles. The molecule has 0 aromatic heterocycles. The van der Waals surface area contributed by atoms with Gasteiger partial charge in [0.25, 0.3) is 5.91 Å². The molecule has 1 amide bonds. The van der Waals surface area contributed by atoms with Gasteiger partial charge in [0.05, 0.1) is 0 Å². The van der Waals surface area contributed by atoms with Crippen LogP contribution in [0, 0.1) is 0 Å². The van der Waals surface area contributed by atoms with E-state index in [0.717, 1.165) is 10.0 Å². The van der Waals surface area contributed by atoms with Crippen molar-refractivity contribution in [3.8, 4) is 0 Å². The van der Waals surface area contributed by atoms with Gasteiger partial charge in [-0.15, -0.1) is 11.8 Å². The molecule has 0 aliphatic carbocycles. The number of halogens is 1. The van der Waals surface area contributed by atoms with Crippen LogP contribution >= 0.6 is 27.7 Å². The minimum atomic E-state index is 0.0337. The first-order chi connectivity index (χ1) is 9.60. The molecule has 0 fully saturated rings. The van der Waals surface area contributed by atoms with Crippen molar-refractivity contribution >= 4 is 33.6 Å². The zero-order valence-electron chi connectivity index (χ0n) is 11.5. The molecule has 0 N–H and O–H groups in total. The fourth-order valence-electron chi connectivity index (χ4n) is 1.89. The Labute approximate surface area is 132 Å². The standard InChI is InChI=1S/C16H16BrNOS/c1-18(11-12-3-9-15(20-2)10-4-12)16(19)13-5-7-14(17)8-6-13/h3-10H,11H2,1-2H3. The summed E-state index contributed by atoms with van der Waals surface area (Å²) in [6.45, 7) is 0.615. The smallest absolute Gasteiger partial charge is 0.253 e. The van der Waals surface area contributed by atoms with Crippen molar-refractivity contribution in [2.75, 3.05) is 13.3 Å². The van der Waals surface area contributed by atoms with Gasteiger partial charge in [-0.05, 0) is 48.2 Å². The van der Waals surface area contributed by atoms with E-state index in [-0.39, 0.29) is 5.91 Å². The first-order valence-electron chi connectivity index (χ1n) is 6.24. The average molecular weight is 350 g/mol. The Morgan fingerprint density at radius 1 is 1.10 bits per heavy atom. The van der Waals surface area contributed by atoms with Crippen LogP contribution in [0.25, 0.3) is 0 Å². The maximum absolute atomic E-state index is 12.3. The predicted octanol–water partition coefficient (Wildman–Crippen LogP) is 4.44. The van der Waals surface area contributed by atoms with Gasteiger partial charge >= 0.3 is 0 Å². The maximum Gasteiger partial charge on any atom is 0.253 e. The van der Waals surface area contributed by atoms with Crippen molar-refractivity contribution in [3.63, 3.8) is 0 Å². The minimum Gasteiger partial charge on any atom is -0.337 e. The topological polar surface area (TPSA) is 20.3 Å². The summed E-state index contributed by atoms with van der Waals surface area (Å²) >= 11 is 5.09. The molecule has 0 spiro atoms. The lowest BCUT2D eigenvalue weighted by Crippen LogP contribution is -2.26. The number of benzene rings is 2. The second kappa shape index (κ2) is 6.95. The number of carbonyl (C=O) groups excluding carboxylic acids is 1. The van der Waals surface area contributed by atoms with Crippen molar-refractivity contribution in [2.45, 2.75) is 11.4 Å². The molecule has 2 aromatic rings. The maximum atomic E-state index is 12.3. The Morgan fingerprint density at radius 2 is 1.70 bits per heavy atom. The second-order valence-corrected chi connectivity index (χ2v) is 6.31. The summed E-state index contributed by atoms with van der Waals surface area (Å²) in [6.07, 6.45) is 2.05. The van der Waals surface area contributed by atoms with Gasteiger partial charge in [0.2, 0.25) is 0 Å². The number of thioether (sulfide) groups is 1. The van der Waals surface area contributed by atoms with Gasteiger partial charge in [-0.3, -0.25) is 4.79 Å². The lowest BCUT2D eigenvalue weighted by atomic mass is 10.1. The average Bonchev–Trinajstić information content (AvgIpc) is 2.48. The van der Waals surface area contributed by atoms with Crippen LogP contribution in [0.15, 0.2) is 57.9 Å². The number of carbonyl (C=O) groups is 1. The van der Waals surface area contributed by atoms with E-state index in [1.165, 1.54) is 4.90 Å². The van der Waals surface area contributed by atoms with Crippen molar-refractivity contribution < 1.29 is 4.79 Å². The summed E-state index contributed by atoms with van der Waals surface area (Å²) in [5.74, 6) is 0.0337. The molecule has 0 aliphatic rings. The Balaban J connectivity index is 2.04. The van der Waals surface area contributed by atoms with E-state index in [0.29, 0.717) is 12.1 Å². The van der Waals surface area contributed by atoms with Gasteiger partial charge in [-0.2, -0.15) is 0 Å². The number of hydrogen-bond donors (Lipinski definition) is 0. The molecule has 2 rings (SSSR count). The van der Waals surface area contributed by atoms with Gasteiger partial charge in [0, 0.05) is 28.5 Å². The van der Waals surface area contributed by atoms with E-state index in [1.807, 2.05) is 31.3 Å². The summed E-state index contributed by atoms with van der Waals surface area (Å²) in [4.78, 5) is 15.3. The summed E-state index contributed by atoms with van der Waals surface area (Å²) in [7, 11) is 1.83. The lowest BCUT2D eigenvalue weighted by Gasteiger charge is -2.17. The quantitative estimate of drug-likeness (QED) is 0.760. The van der Waals surface area contributed by atoms with Gasteiger partial charge in [-0.25, -0.2) is 0 Å². The second-order valence-electron chi connectivity index (χ2n) is 4.52. The van der Waals surface area contributed by atoms with E-state index < -0.39 is 0 Å². The van der Waals surface area contributed by atoms with Crippen LogP contribution in [-0.2, 0) is 6.54 Å². The molecule has 0 saturated heterocycles. The van der Waals surface area contributed by atoms with Crippen LogP contribution in [-0.4, -0.2) is 24.1 Å². The van der Waals surface area contributed by atoms with E-state index in [4.69, 9.17) is 0 Å². The molecule has 2 nitrogen and oxygen atoms in total. The van der Waals surface area contributed by atoms with Crippen molar-refractivity contribution in [1.29, 1.82) is 0 Å². The van der Waals surface area contributed by atoms with Gasteiger partial charge in [0.15, 0.2) is 0 Å². The number of amides is 1. The van der Waals surface area contributed by atoms with E-state index in [2.05, 4.69) is 46.5 Å². The molecule has 0 unspecified atom stereocenters. The van der Waals surface area contributed by atoms with Crippen LogP contribution in [0.3, 0.4) is 0 Å². The molecule has 0 saturated carbocycles. The van der Waals surface area contributed by atoms with E-state index in [1.54, 1.807) is 16.7 Å². The normalized spacial score (nSPS) is 10.3. The zero-order chi connectivity index (χ0) is 14.5. The summed E-state index contributed by atoms with van der Waals surface area (Å²) in [5, 5.41) is 0. The summed E-state index contributed by atoms with van der Waals surface area (Å²) in [5.41, 5.74) is 1.84. The third kappa shape index (κ3) is 3.87. The Hall–Kier alpha value is -1.26. The van der Waals surface area contributed by atoms with Crippen molar-refractivity contribution in [1.82, 2.24) is 4.90 Å². The molecule has 0 radical (unpaired) electrons. The Kier molecular flexibility index (Phi) is 5.26. The molecule has 104 valence electrons. The lowest BCUT2D eigenvalue weighted by molar-refractivity contribution is 0.0785. The molecule has 2 aromatic carbocycles. The van der Waals surface area contributed by atoms with Crippen molar-refractivity contribution in [3.05, 3.63) is 64.1 Å². The number of rotatable bonds is 4. The fraction of sp³-hybridized carbons (Fsp3) is 0.188. The molecule has 20 heavy (non-hydrogen) atoms. The van der Waals surface area contributed by atoms with Crippen LogP contribution in [0.1, 0.15) is 15.9 Å². The third-order valence-electron chi connectivity index (χ3n) is 3.02. The fourth-order valence-corrected chi connectivity index (χ4v) is 2.56. The van der Waals surface area contributed by atoms with Crippen LogP contribution in [0.2, 0.25) is 0 Å². The van der Waals surface area contributed by atoms with Gasteiger partial charge in [-0.1, -0.05) is 28.1 Å². The highest BCUT2D eigenvalue weighted by molar-refractivity contribution is 9.10. The molecule has 0 heterocycles. The SMILES string of the molecule is CSc1ccc(CN(C)C(=O)c2ccc(Br)cc2)cc1. The van der Waals surface area contributed by atoms with E-state index in [9.17, 15) is 4.79 Å². The molecular formula is C16H16BrNOS. The van der Waals surface area contributed by atoms with Crippen LogP contribution < -0.4 is 0 Å². The Morgan fingerprint density at radius 3 is 2.25 bits per heavy atom. The van der Waals surface area contributed by atoms with Gasteiger partial charge in [0.1, 0.15) is 0 Å². The highest BCUT2D eigenvalue weighted by Crippen LogP contribution is 2.17. The third-order valence-corrected chi connectivity index (χ3v) is 4.29. The molecule has 0 bridgehead atoms. The van der Waals surface area contributed by atoms with Crippen molar-refractivity contribution in [2.24, 2.45) is 0 Å². The first kappa shape index (κ1) is 15.1. The molecule has 0 atom stereocenters.